The zero-order valence-electron chi connectivity index (χ0n) is 35.4. The van der Waals surface area contributed by atoms with Crippen LogP contribution in [0.3, 0.4) is 0 Å². The quantitative estimate of drug-likeness (QED) is 0.0621. The van der Waals surface area contributed by atoms with Gasteiger partial charge in [-0.15, -0.1) is 0 Å². The van der Waals surface area contributed by atoms with Crippen molar-refractivity contribution < 1.29 is 31.4 Å². The Morgan fingerprint density at radius 2 is 1.39 bits per heavy atom. The first-order chi connectivity index (χ1) is 26.4. The van der Waals surface area contributed by atoms with Gasteiger partial charge >= 0.3 is 12.4 Å². The van der Waals surface area contributed by atoms with E-state index in [1.54, 1.807) is 6.20 Å². The number of nitrogens with zero attached hydrogens (tertiary/aromatic N) is 2. The second kappa shape index (κ2) is 26.5. The molecule has 10 heteroatoms. The van der Waals surface area contributed by atoms with E-state index < -0.39 is 23.5 Å². The number of aliphatic imine (C=N–C) groups is 1. The third kappa shape index (κ3) is 20.2. The smallest absolute Gasteiger partial charge is 0.393 e. The number of alkyl halides is 6. The Morgan fingerprint density at radius 3 is 1.86 bits per heavy atom. The van der Waals surface area contributed by atoms with E-state index in [2.05, 4.69) is 81.2 Å². The SMILES string of the molecule is CC1CCC(O)CC1.CCCCCN(C)CCC.CC\C=C(C(=C/N=C(C)Nc1cc(C(F)(F)F)cc(C(F)(F)F)c1)/C(C)=C/CCC)\c1ccc(CC)cc1. The normalized spacial score (nSPS) is 17.2. The maximum atomic E-state index is 13.2. The van der Waals surface area contributed by atoms with Gasteiger partial charge in [0.05, 0.1) is 17.2 Å². The minimum atomic E-state index is -4.93. The van der Waals surface area contributed by atoms with Gasteiger partial charge in [-0.2, -0.15) is 26.3 Å². The molecule has 0 saturated heterocycles. The van der Waals surface area contributed by atoms with E-state index in [4.69, 9.17) is 5.11 Å². The topological polar surface area (TPSA) is 47.9 Å². The molecule has 0 spiro atoms. The molecule has 1 saturated carbocycles. The van der Waals surface area contributed by atoms with E-state index in [1.165, 1.54) is 64.1 Å². The van der Waals surface area contributed by atoms with E-state index in [0.717, 1.165) is 66.7 Å². The predicted octanol–water partition coefficient (Wildman–Crippen LogP) is 14.3. The number of aliphatic hydroxyl groups excluding tert-OH is 1. The first kappa shape index (κ1) is 50.6. The van der Waals surface area contributed by atoms with Crippen molar-refractivity contribution >= 4 is 17.1 Å². The third-order valence-electron chi connectivity index (χ3n) is 9.57. The van der Waals surface area contributed by atoms with Crippen molar-refractivity contribution in [3.05, 3.63) is 94.2 Å². The van der Waals surface area contributed by atoms with E-state index in [1.807, 2.05) is 26.0 Å². The van der Waals surface area contributed by atoms with Crippen LogP contribution in [0.4, 0.5) is 32.0 Å². The van der Waals surface area contributed by atoms with Gasteiger partial charge < -0.3 is 15.3 Å². The first-order valence-corrected chi connectivity index (χ1v) is 20.5. The predicted molar refractivity (Wildman–Crippen MR) is 225 cm³/mol. The number of unbranched alkanes of at least 4 members (excludes halogenated alkanes) is 3. The number of nitrogens with one attached hydrogen (secondary N) is 1. The van der Waals surface area contributed by atoms with Gasteiger partial charge in [0, 0.05) is 17.5 Å². The van der Waals surface area contributed by atoms with Crippen LogP contribution >= 0.6 is 0 Å². The van der Waals surface area contributed by atoms with Gasteiger partial charge in [0.25, 0.3) is 0 Å². The molecule has 0 unspecified atom stereocenters. The standard InChI is InChI=1S/C30H34F6N2.C9H21N.C7H14O/c1-6-9-11-20(4)28(27(10-7-2)23-14-12-22(8-3)13-15-23)19-37-21(5)38-26-17-24(29(31,32)33)16-25(18-26)30(34,35)36;1-4-6-7-9-10(3)8-5-2;1-6-2-4-7(8)5-3-6/h10-19H,6-9H2,1-5H3,(H,37,38);4-9H2,1-3H3;6-8H,2-5H2,1H3/b20-11+,27-10-,28-19+;;. The monoisotopic (exact) mass is 794 g/mol. The van der Waals surface area contributed by atoms with Crippen molar-refractivity contribution in [1.29, 1.82) is 0 Å². The van der Waals surface area contributed by atoms with Gasteiger partial charge in [-0.3, -0.25) is 0 Å². The van der Waals surface area contributed by atoms with E-state index in [0.29, 0.717) is 12.1 Å². The van der Waals surface area contributed by atoms with Crippen LogP contribution in [0.5, 0.6) is 0 Å². The molecule has 0 radical (unpaired) electrons. The molecule has 2 N–H and O–H groups in total. The highest BCUT2D eigenvalue weighted by atomic mass is 19.4. The molecule has 56 heavy (non-hydrogen) atoms. The average Bonchev–Trinajstić information content (AvgIpc) is 3.14. The summed E-state index contributed by atoms with van der Waals surface area (Å²) in [6.45, 7) is 18.9. The van der Waals surface area contributed by atoms with Gasteiger partial charge in [0.15, 0.2) is 0 Å². The molecule has 2 aromatic rings. The molecule has 0 heterocycles. The van der Waals surface area contributed by atoms with Crippen molar-refractivity contribution in [3.63, 3.8) is 0 Å². The van der Waals surface area contributed by atoms with Crippen LogP contribution in [0, 0.1) is 5.92 Å². The van der Waals surface area contributed by atoms with Crippen molar-refractivity contribution in [1.82, 2.24) is 4.90 Å². The van der Waals surface area contributed by atoms with E-state index >= 15 is 0 Å². The number of allylic oxidation sites excluding steroid dienone is 5. The highest BCUT2D eigenvalue weighted by Gasteiger charge is 2.37. The number of amidine groups is 1. The Morgan fingerprint density at radius 1 is 0.804 bits per heavy atom. The fraction of sp³-hybridized carbons (Fsp3) is 0.587. The van der Waals surface area contributed by atoms with Gasteiger partial charge in [-0.05, 0) is 138 Å². The summed E-state index contributed by atoms with van der Waals surface area (Å²) in [6.07, 6.45) is 9.28. The lowest BCUT2D eigenvalue weighted by molar-refractivity contribution is -0.143. The molecule has 2 aromatic carbocycles. The molecule has 3 rings (SSSR count). The second-order valence-corrected chi connectivity index (χ2v) is 14.9. The Balaban J connectivity index is 0.000000708. The van der Waals surface area contributed by atoms with Crippen molar-refractivity contribution in [3.8, 4) is 0 Å². The van der Waals surface area contributed by atoms with Crippen LogP contribution < -0.4 is 5.32 Å². The Hall–Kier alpha value is -3.37. The summed E-state index contributed by atoms with van der Waals surface area (Å²) >= 11 is 0. The maximum absolute atomic E-state index is 13.2. The fourth-order valence-electron chi connectivity index (χ4n) is 6.16. The number of aryl methyl sites for hydroxylation is 1. The maximum Gasteiger partial charge on any atom is 0.416 e. The summed E-state index contributed by atoms with van der Waals surface area (Å²) in [5.41, 5.74) is 1.82. The van der Waals surface area contributed by atoms with E-state index in [-0.39, 0.29) is 23.7 Å². The van der Waals surface area contributed by atoms with Gasteiger partial charge in [-0.25, -0.2) is 4.99 Å². The molecule has 0 bridgehead atoms. The number of hydrogen-bond donors (Lipinski definition) is 2. The van der Waals surface area contributed by atoms with Crippen LogP contribution in [0.25, 0.3) is 5.57 Å². The number of anilines is 1. The lowest BCUT2D eigenvalue weighted by atomic mass is 9.89. The van der Waals surface area contributed by atoms with Crippen molar-refractivity contribution in [2.24, 2.45) is 10.9 Å². The molecule has 4 nitrogen and oxygen atoms in total. The largest absolute Gasteiger partial charge is 0.416 e. The minimum Gasteiger partial charge on any atom is -0.393 e. The molecular weight excluding hydrogens is 725 g/mol. The molecule has 1 aliphatic rings. The first-order valence-electron chi connectivity index (χ1n) is 20.5. The molecular formula is C46H69F6N3O. The summed E-state index contributed by atoms with van der Waals surface area (Å²) in [5.74, 6) is 1.01. The Kier molecular flexibility index (Phi) is 24.0. The minimum absolute atomic E-state index is 0.0196. The van der Waals surface area contributed by atoms with Gasteiger partial charge in [-0.1, -0.05) is 97.2 Å². The summed E-state index contributed by atoms with van der Waals surface area (Å²) in [6, 6.07) is 9.58. The van der Waals surface area contributed by atoms with Crippen LogP contribution in [0.15, 0.2) is 77.0 Å². The molecule has 0 amide bonds. The van der Waals surface area contributed by atoms with Crippen LogP contribution in [-0.2, 0) is 18.8 Å². The molecule has 1 fully saturated rings. The molecule has 0 atom stereocenters. The van der Waals surface area contributed by atoms with Gasteiger partial charge in [0.2, 0.25) is 0 Å². The molecule has 0 aliphatic heterocycles. The van der Waals surface area contributed by atoms with Crippen LogP contribution in [-0.4, -0.2) is 42.1 Å². The third-order valence-corrected chi connectivity index (χ3v) is 9.57. The highest BCUT2D eigenvalue weighted by Crippen LogP contribution is 2.38. The lowest BCUT2D eigenvalue weighted by Gasteiger charge is -2.21. The van der Waals surface area contributed by atoms with Gasteiger partial charge in [0.1, 0.15) is 5.84 Å². The lowest BCUT2D eigenvalue weighted by Crippen LogP contribution is -2.20. The number of aliphatic hydroxyl groups is 1. The fourth-order valence-corrected chi connectivity index (χ4v) is 6.16. The summed E-state index contributed by atoms with van der Waals surface area (Å²) < 4.78 is 79.4. The Labute approximate surface area is 334 Å². The number of rotatable bonds is 15. The summed E-state index contributed by atoms with van der Waals surface area (Å²) in [5, 5.41) is 11.6. The van der Waals surface area contributed by atoms with E-state index in [9.17, 15) is 26.3 Å². The zero-order chi connectivity index (χ0) is 42.3. The zero-order valence-corrected chi connectivity index (χ0v) is 35.4. The number of hydrogen-bond acceptors (Lipinski definition) is 3. The number of halogens is 6. The molecule has 0 aromatic heterocycles. The van der Waals surface area contributed by atoms with Crippen molar-refractivity contribution in [2.45, 2.75) is 151 Å². The number of benzene rings is 2. The van der Waals surface area contributed by atoms with Crippen LogP contribution in [0.2, 0.25) is 0 Å². The average molecular weight is 794 g/mol. The van der Waals surface area contributed by atoms with Crippen molar-refractivity contribution in [2.75, 3.05) is 25.5 Å². The summed E-state index contributed by atoms with van der Waals surface area (Å²) in [4.78, 5) is 6.81. The summed E-state index contributed by atoms with van der Waals surface area (Å²) in [7, 11) is 2.21. The van der Waals surface area contributed by atoms with Crippen LogP contribution in [0.1, 0.15) is 148 Å². The Bertz CT molecular complexity index is 1470. The highest BCUT2D eigenvalue weighted by molar-refractivity contribution is 5.94. The second-order valence-electron chi connectivity index (χ2n) is 14.9. The molecule has 1 aliphatic carbocycles. The molecule has 316 valence electrons.